The lowest BCUT2D eigenvalue weighted by molar-refractivity contribution is -0.132. The maximum Gasteiger partial charge on any atom is 0.237 e. The molecule has 0 spiro atoms. The zero-order valence-corrected chi connectivity index (χ0v) is 17.8. The average molecular weight is 433 g/mol. The van der Waals surface area contributed by atoms with Crippen molar-refractivity contribution in [3.8, 4) is 0 Å². The highest BCUT2D eigenvalue weighted by Crippen LogP contribution is 2.37. The molecule has 29 heavy (non-hydrogen) atoms. The number of amides is 1. The molecule has 2 aromatic carbocycles. The van der Waals surface area contributed by atoms with E-state index in [9.17, 15) is 13.2 Å². The van der Waals surface area contributed by atoms with E-state index in [1.54, 1.807) is 41.3 Å². The summed E-state index contributed by atoms with van der Waals surface area (Å²) in [7, 11) is -0.0200. The first-order valence-electron chi connectivity index (χ1n) is 9.24. The fourth-order valence-corrected chi connectivity index (χ4v) is 5.24. The summed E-state index contributed by atoms with van der Waals surface area (Å²) < 4.78 is 32.0. The Balaban J connectivity index is 1.78. The molecule has 0 aliphatic carbocycles. The van der Waals surface area contributed by atoms with Crippen LogP contribution in [0.1, 0.15) is 11.3 Å². The predicted octanol–water partition coefficient (Wildman–Crippen LogP) is 3.37. The second-order valence-corrected chi connectivity index (χ2v) is 9.76. The van der Waals surface area contributed by atoms with E-state index in [2.05, 4.69) is 0 Å². The summed E-state index contributed by atoms with van der Waals surface area (Å²) in [6, 6.07) is 11.3. The normalized spacial score (nSPS) is 14.4. The molecule has 0 radical (unpaired) electrons. The van der Waals surface area contributed by atoms with Crippen LogP contribution in [0.4, 0.5) is 0 Å². The zero-order valence-electron chi connectivity index (χ0n) is 16.2. The number of carbonyl (C=O) groups excluding carboxylic acids is 1. The zero-order chi connectivity index (χ0) is 20.8. The minimum absolute atomic E-state index is 0.0224. The first-order valence-corrected chi connectivity index (χ1v) is 11.1. The topological polar surface area (TPSA) is 70.8 Å². The van der Waals surface area contributed by atoms with Gasteiger partial charge in [-0.05, 0) is 38.4 Å². The molecule has 0 fully saturated rings. The molecular formula is C21H21ClN2O4S. The molecule has 0 atom stereocenters. The molecule has 0 saturated heterocycles. The molecule has 1 aromatic heterocycles. The van der Waals surface area contributed by atoms with Gasteiger partial charge in [0.15, 0.2) is 5.58 Å². The lowest BCUT2D eigenvalue weighted by atomic mass is 10.0. The van der Waals surface area contributed by atoms with Gasteiger partial charge in [-0.3, -0.25) is 4.79 Å². The number of fused-ring (bicyclic) bond motifs is 3. The van der Waals surface area contributed by atoms with E-state index in [-0.39, 0.29) is 20.7 Å². The number of hydrogen-bond donors (Lipinski definition) is 0. The van der Waals surface area contributed by atoms with Crippen molar-refractivity contribution in [2.45, 2.75) is 22.8 Å². The Bertz CT molecular complexity index is 1190. The largest absolute Gasteiger partial charge is 0.459 e. The maximum absolute atomic E-state index is 13.1. The van der Waals surface area contributed by atoms with E-state index in [0.717, 1.165) is 11.3 Å². The highest BCUT2D eigenvalue weighted by Gasteiger charge is 2.28. The van der Waals surface area contributed by atoms with Crippen LogP contribution in [0.15, 0.2) is 56.7 Å². The van der Waals surface area contributed by atoms with Crippen LogP contribution in [-0.2, 0) is 27.6 Å². The molecule has 3 aromatic rings. The summed E-state index contributed by atoms with van der Waals surface area (Å²) in [6.45, 7) is 1.26. The summed E-state index contributed by atoms with van der Waals surface area (Å²) >= 11 is 6.40. The molecule has 4 rings (SSSR count). The van der Waals surface area contributed by atoms with E-state index >= 15 is 0 Å². The van der Waals surface area contributed by atoms with Gasteiger partial charge in [0, 0.05) is 30.5 Å². The molecule has 0 bridgehead atoms. The SMILES string of the molecule is CN(C)CC(=O)N1CCc2oc3c(Cl)cc(S(=O)(=O)c4ccccc4)cc3c2C1. The van der Waals surface area contributed by atoms with E-state index in [4.69, 9.17) is 16.0 Å². The van der Waals surface area contributed by atoms with Crippen LogP contribution >= 0.6 is 11.6 Å². The van der Waals surface area contributed by atoms with Crippen molar-refractivity contribution >= 4 is 38.3 Å². The van der Waals surface area contributed by atoms with Crippen molar-refractivity contribution in [2.24, 2.45) is 0 Å². The third-order valence-electron chi connectivity index (χ3n) is 5.03. The summed E-state index contributed by atoms with van der Waals surface area (Å²) in [4.78, 5) is 16.4. The smallest absolute Gasteiger partial charge is 0.237 e. The Kier molecular flexibility index (Phi) is 5.14. The van der Waals surface area contributed by atoms with Crippen LogP contribution < -0.4 is 0 Å². The number of benzene rings is 2. The van der Waals surface area contributed by atoms with Gasteiger partial charge in [-0.1, -0.05) is 29.8 Å². The number of nitrogens with zero attached hydrogens (tertiary/aromatic N) is 2. The molecule has 2 heterocycles. The van der Waals surface area contributed by atoms with Crippen LogP contribution in [0.3, 0.4) is 0 Å². The van der Waals surface area contributed by atoms with Gasteiger partial charge in [-0.2, -0.15) is 0 Å². The Morgan fingerprint density at radius 3 is 2.59 bits per heavy atom. The van der Waals surface area contributed by atoms with Crippen molar-refractivity contribution in [2.75, 3.05) is 27.2 Å². The van der Waals surface area contributed by atoms with E-state index in [0.29, 0.717) is 37.0 Å². The number of hydrogen-bond acceptors (Lipinski definition) is 5. The Labute approximate surface area is 174 Å². The number of carbonyl (C=O) groups is 1. The maximum atomic E-state index is 13.1. The van der Waals surface area contributed by atoms with E-state index in [1.165, 1.54) is 6.07 Å². The van der Waals surface area contributed by atoms with Gasteiger partial charge in [0.05, 0.1) is 21.4 Å². The minimum Gasteiger partial charge on any atom is -0.459 e. The molecule has 1 amide bonds. The molecule has 6 nitrogen and oxygen atoms in total. The van der Waals surface area contributed by atoms with Gasteiger partial charge in [0.1, 0.15) is 5.76 Å². The van der Waals surface area contributed by atoms with E-state index < -0.39 is 9.84 Å². The van der Waals surface area contributed by atoms with Gasteiger partial charge in [-0.25, -0.2) is 8.42 Å². The molecule has 1 aliphatic rings. The summed E-state index contributed by atoms with van der Waals surface area (Å²) in [6.07, 6.45) is 0.570. The third kappa shape index (κ3) is 3.66. The van der Waals surface area contributed by atoms with E-state index in [1.807, 2.05) is 19.0 Å². The fourth-order valence-electron chi connectivity index (χ4n) is 3.59. The monoisotopic (exact) mass is 432 g/mol. The Hall–Kier alpha value is -2.35. The van der Waals surface area contributed by atoms with Crippen LogP contribution in [-0.4, -0.2) is 51.3 Å². The van der Waals surface area contributed by atoms with Gasteiger partial charge in [0.25, 0.3) is 0 Å². The van der Waals surface area contributed by atoms with Gasteiger partial charge >= 0.3 is 0 Å². The number of furan rings is 1. The van der Waals surface area contributed by atoms with Gasteiger partial charge in [0.2, 0.25) is 15.7 Å². The van der Waals surface area contributed by atoms with Crippen molar-refractivity contribution in [3.05, 3.63) is 58.8 Å². The fraction of sp³-hybridized carbons (Fsp3) is 0.286. The summed E-state index contributed by atoms with van der Waals surface area (Å²) in [5.41, 5.74) is 1.29. The first kappa shape index (κ1) is 19.9. The number of rotatable bonds is 4. The molecule has 1 aliphatic heterocycles. The van der Waals surface area contributed by atoms with Gasteiger partial charge < -0.3 is 14.2 Å². The quantitative estimate of drug-likeness (QED) is 0.632. The average Bonchev–Trinajstić information content (AvgIpc) is 3.07. The highest BCUT2D eigenvalue weighted by molar-refractivity contribution is 7.91. The third-order valence-corrected chi connectivity index (χ3v) is 7.06. The Morgan fingerprint density at radius 2 is 1.90 bits per heavy atom. The van der Waals surface area contributed by atoms with Crippen molar-refractivity contribution in [1.29, 1.82) is 0 Å². The van der Waals surface area contributed by atoms with Gasteiger partial charge in [-0.15, -0.1) is 0 Å². The standard InChI is InChI=1S/C21H21ClN2O4S/c1-23(2)13-20(25)24-9-8-19-17(12-24)16-10-15(11-18(22)21(16)28-19)29(26,27)14-6-4-3-5-7-14/h3-7,10-11H,8-9,12-13H2,1-2H3. The predicted molar refractivity (Wildman–Crippen MR) is 111 cm³/mol. The lowest BCUT2D eigenvalue weighted by Crippen LogP contribution is -2.40. The number of likely N-dealkylation sites (N-methyl/N-ethyl adjacent to an activating group) is 1. The molecule has 0 saturated carbocycles. The molecule has 0 N–H and O–H groups in total. The second kappa shape index (κ2) is 7.48. The lowest BCUT2D eigenvalue weighted by Gasteiger charge is -2.27. The van der Waals surface area contributed by atoms with Crippen molar-refractivity contribution < 1.29 is 17.6 Å². The second-order valence-electron chi connectivity index (χ2n) is 7.41. The molecule has 8 heteroatoms. The Morgan fingerprint density at radius 1 is 1.17 bits per heavy atom. The van der Waals surface area contributed by atoms with Crippen LogP contribution in [0.25, 0.3) is 11.0 Å². The summed E-state index contributed by atoms with van der Waals surface area (Å²) in [5.74, 6) is 0.777. The summed E-state index contributed by atoms with van der Waals surface area (Å²) in [5, 5.41) is 0.891. The number of sulfone groups is 1. The molecular weight excluding hydrogens is 412 g/mol. The van der Waals surface area contributed by atoms with Crippen LogP contribution in [0.5, 0.6) is 0 Å². The molecule has 152 valence electrons. The highest BCUT2D eigenvalue weighted by atomic mass is 35.5. The number of halogens is 1. The minimum atomic E-state index is -3.72. The van der Waals surface area contributed by atoms with Crippen molar-refractivity contribution in [1.82, 2.24) is 9.80 Å². The van der Waals surface area contributed by atoms with Crippen molar-refractivity contribution in [3.63, 3.8) is 0 Å². The van der Waals surface area contributed by atoms with Crippen LogP contribution in [0, 0.1) is 0 Å². The van der Waals surface area contributed by atoms with Crippen LogP contribution in [0.2, 0.25) is 5.02 Å². The first-order chi connectivity index (χ1) is 13.8. The molecule has 0 unspecified atom stereocenters.